The van der Waals surface area contributed by atoms with Crippen molar-refractivity contribution in [2.75, 3.05) is 6.54 Å². The number of ether oxygens (including phenoxy) is 1. The average molecular weight is 505 g/mol. The lowest BCUT2D eigenvalue weighted by Crippen LogP contribution is -2.55. The van der Waals surface area contributed by atoms with Crippen molar-refractivity contribution in [1.29, 1.82) is 0 Å². The summed E-state index contributed by atoms with van der Waals surface area (Å²) in [5.74, 6) is -1.37. The molecule has 0 spiro atoms. The molecule has 0 saturated heterocycles. The van der Waals surface area contributed by atoms with E-state index in [9.17, 15) is 19.2 Å². The highest BCUT2D eigenvalue weighted by Crippen LogP contribution is 2.26. The Morgan fingerprint density at radius 3 is 2.22 bits per heavy atom. The molecule has 0 aliphatic carbocycles. The first kappa shape index (κ1) is 30.9. The number of nitrogens with zero attached hydrogens (tertiary/aromatic N) is 1. The molecule has 3 unspecified atom stereocenters. The molecule has 9 nitrogen and oxygen atoms in total. The average Bonchev–Trinajstić information content (AvgIpc) is 2.81. The summed E-state index contributed by atoms with van der Waals surface area (Å²) in [5, 5.41) is 5.57. The first-order valence-corrected chi connectivity index (χ1v) is 12.8. The summed E-state index contributed by atoms with van der Waals surface area (Å²) < 4.78 is 5.34. The molecule has 1 aromatic carbocycles. The van der Waals surface area contributed by atoms with Gasteiger partial charge in [0, 0.05) is 19.0 Å². The van der Waals surface area contributed by atoms with E-state index < -0.39 is 35.6 Å². The molecule has 3 atom stereocenters. The summed E-state index contributed by atoms with van der Waals surface area (Å²) in [6, 6.07) is 6.74. The van der Waals surface area contributed by atoms with Crippen LogP contribution >= 0.6 is 0 Å². The first-order valence-electron chi connectivity index (χ1n) is 12.8. The Bertz CT molecular complexity index is 853. The van der Waals surface area contributed by atoms with Crippen molar-refractivity contribution in [2.24, 2.45) is 5.73 Å². The number of amides is 4. The predicted octanol–water partition coefficient (Wildman–Crippen LogP) is 3.82. The number of rotatable bonds is 14. The lowest BCUT2D eigenvalue weighted by molar-refractivity contribution is -0.145. The quantitative estimate of drug-likeness (QED) is 0.332. The van der Waals surface area contributed by atoms with E-state index in [1.807, 2.05) is 32.0 Å². The number of carbonyl (C=O) groups excluding carboxylic acids is 4. The number of hydrogen-bond donors (Lipinski definition) is 3. The Kier molecular flexibility index (Phi) is 13.0. The van der Waals surface area contributed by atoms with E-state index in [1.54, 1.807) is 32.9 Å². The van der Waals surface area contributed by atoms with Gasteiger partial charge >= 0.3 is 6.09 Å². The maximum absolute atomic E-state index is 14.0. The second-order valence-electron chi connectivity index (χ2n) is 10.0. The van der Waals surface area contributed by atoms with E-state index >= 15 is 0 Å². The maximum Gasteiger partial charge on any atom is 0.408 e. The minimum atomic E-state index is -1.10. The number of carbonyl (C=O) groups is 4. The SMILES string of the molecule is CCCCCNC(=O)C(c1ccccc1)N(C(=O)C(CCC(N)=O)NC(=O)OC(C)(C)C)C(C)CC. The third-order valence-corrected chi connectivity index (χ3v) is 5.71. The van der Waals surface area contributed by atoms with E-state index in [0.717, 1.165) is 19.3 Å². The van der Waals surface area contributed by atoms with Crippen LogP contribution in [0.15, 0.2) is 30.3 Å². The van der Waals surface area contributed by atoms with Crippen molar-refractivity contribution in [2.45, 2.75) is 104 Å². The molecule has 0 fully saturated rings. The van der Waals surface area contributed by atoms with Crippen molar-refractivity contribution < 1.29 is 23.9 Å². The second-order valence-corrected chi connectivity index (χ2v) is 10.0. The predicted molar refractivity (Wildman–Crippen MR) is 140 cm³/mol. The number of unbranched alkanes of at least 4 members (excludes halogenated alkanes) is 2. The van der Waals surface area contributed by atoms with Gasteiger partial charge in [-0.3, -0.25) is 14.4 Å². The topological polar surface area (TPSA) is 131 Å². The normalized spacial score (nSPS) is 13.7. The highest BCUT2D eigenvalue weighted by molar-refractivity contribution is 5.92. The number of nitrogens with two attached hydrogens (primary N) is 1. The number of primary amides is 1. The third-order valence-electron chi connectivity index (χ3n) is 5.71. The molecular weight excluding hydrogens is 460 g/mol. The molecule has 0 aliphatic rings. The first-order chi connectivity index (χ1) is 16.9. The van der Waals surface area contributed by atoms with E-state index in [-0.39, 0.29) is 24.8 Å². The minimum absolute atomic E-state index is 0.0139. The molecule has 4 N–H and O–H groups in total. The van der Waals surface area contributed by atoms with E-state index in [0.29, 0.717) is 18.5 Å². The van der Waals surface area contributed by atoms with Crippen molar-refractivity contribution in [3.05, 3.63) is 35.9 Å². The van der Waals surface area contributed by atoms with Gasteiger partial charge in [-0.1, -0.05) is 57.0 Å². The van der Waals surface area contributed by atoms with Gasteiger partial charge in [0.2, 0.25) is 17.7 Å². The highest BCUT2D eigenvalue weighted by atomic mass is 16.6. The number of nitrogens with one attached hydrogen (secondary N) is 2. The Morgan fingerprint density at radius 2 is 1.69 bits per heavy atom. The number of hydrogen-bond acceptors (Lipinski definition) is 5. The molecule has 1 aromatic rings. The monoisotopic (exact) mass is 504 g/mol. The third kappa shape index (κ3) is 10.7. The smallest absolute Gasteiger partial charge is 0.408 e. The Morgan fingerprint density at radius 1 is 1.06 bits per heavy atom. The fourth-order valence-corrected chi connectivity index (χ4v) is 3.73. The van der Waals surface area contributed by atoms with Gasteiger partial charge in [-0.05, 0) is 52.5 Å². The summed E-state index contributed by atoms with van der Waals surface area (Å²) >= 11 is 0. The highest BCUT2D eigenvalue weighted by Gasteiger charge is 2.38. The van der Waals surface area contributed by atoms with E-state index in [1.165, 1.54) is 4.90 Å². The Labute approximate surface area is 215 Å². The van der Waals surface area contributed by atoms with Crippen LogP contribution in [0.1, 0.15) is 91.7 Å². The molecule has 1 rings (SSSR count). The summed E-state index contributed by atoms with van der Waals surface area (Å²) in [6.07, 6.45) is 2.51. The molecule has 0 aliphatic heterocycles. The lowest BCUT2D eigenvalue weighted by atomic mass is 9.99. The van der Waals surface area contributed by atoms with Crippen LogP contribution in [0.5, 0.6) is 0 Å². The second kappa shape index (κ2) is 15.1. The van der Waals surface area contributed by atoms with Crippen LogP contribution in [0.2, 0.25) is 0 Å². The van der Waals surface area contributed by atoms with Gasteiger partial charge in [0.25, 0.3) is 0 Å². The Hall–Kier alpha value is -3.10. The molecule has 0 heterocycles. The fourth-order valence-electron chi connectivity index (χ4n) is 3.73. The van der Waals surface area contributed by atoms with Gasteiger partial charge in [0.1, 0.15) is 17.7 Å². The van der Waals surface area contributed by atoms with Gasteiger partial charge in [-0.15, -0.1) is 0 Å². The van der Waals surface area contributed by atoms with Crippen molar-refractivity contribution in [3.63, 3.8) is 0 Å². The zero-order valence-corrected chi connectivity index (χ0v) is 22.6. The van der Waals surface area contributed by atoms with Crippen molar-refractivity contribution in [3.8, 4) is 0 Å². The molecule has 202 valence electrons. The van der Waals surface area contributed by atoms with Crippen LogP contribution in [0.25, 0.3) is 0 Å². The zero-order valence-electron chi connectivity index (χ0n) is 22.6. The molecule has 36 heavy (non-hydrogen) atoms. The number of benzene rings is 1. The lowest BCUT2D eigenvalue weighted by Gasteiger charge is -2.38. The summed E-state index contributed by atoms with van der Waals surface area (Å²) in [5.41, 5.74) is 5.22. The van der Waals surface area contributed by atoms with E-state index in [2.05, 4.69) is 17.6 Å². The van der Waals surface area contributed by atoms with Gasteiger partial charge in [-0.2, -0.15) is 0 Å². The summed E-state index contributed by atoms with van der Waals surface area (Å²) in [4.78, 5) is 53.0. The van der Waals surface area contributed by atoms with Gasteiger partial charge in [0.15, 0.2) is 0 Å². The molecule has 0 bridgehead atoms. The molecule has 0 aromatic heterocycles. The zero-order chi connectivity index (χ0) is 27.3. The molecule has 9 heteroatoms. The fraction of sp³-hybridized carbons (Fsp3) is 0.630. The Balaban J connectivity index is 3.39. The van der Waals surface area contributed by atoms with Gasteiger partial charge in [-0.25, -0.2) is 4.79 Å². The standard InChI is InChI=1S/C27H44N4O5/c1-7-9-13-18-29-24(33)23(20-14-11-10-12-15-20)31(19(3)8-2)25(34)21(16-17-22(28)32)30-26(35)36-27(4,5)6/h10-12,14-15,19,21,23H,7-9,13,16-18H2,1-6H3,(H2,28,32)(H,29,33)(H,30,35). The molecule has 0 saturated carbocycles. The number of alkyl carbamates (subject to hydrolysis) is 1. The van der Waals surface area contributed by atoms with Crippen LogP contribution in [0.4, 0.5) is 4.79 Å². The molecular formula is C27H44N4O5. The summed E-state index contributed by atoms with van der Waals surface area (Å²) in [6.45, 7) is 11.5. The van der Waals surface area contributed by atoms with Crippen LogP contribution in [0.3, 0.4) is 0 Å². The van der Waals surface area contributed by atoms with Gasteiger partial charge in [0.05, 0.1) is 0 Å². The molecule has 0 radical (unpaired) electrons. The largest absolute Gasteiger partial charge is 0.444 e. The van der Waals surface area contributed by atoms with Crippen LogP contribution in [-0.2, 0) is 19.1 Å². The molecule has 4 amide bonds. The van der Waals surface area contributed by atoms with Crippen LogP contribution in [0, 0.1) is 0 Å². The van der Waals surface area contributed by atoms with E-state index in [4.69, 9.17) is 10.5 Å². The van der Waals surface area contributed by atoms with Crippen LogP contribution < -0.4 is 16.4 Å². The van der Waals surface area contributed by atoms with Crippen LogP contribution in [-0.4, -0.2) is 52.9 Å². The maximum atomic E-state index is 14.0. The minimum Gasteiger partial charge on any atom is -0.444 e. The van der Waals surface area contributed by atoms with Crippen molar-refractivity contribution >= 4 is 23.8 Å². The van der Waals surface area contributed by atoms with Crippen molar-refractivity contribution in [1.82, 2.24) is 15.5 Å². The summed E-state index contributed by atoms with van der Waals surface area (Å²) in [7, 11) is 0. The van der Waals surface area contributed by atoms with Gasteiger partial charge < -0.3 is 26.0 Å².